The van der Waals surface area contributed by atoms with Crippen LogP contribution in [-0.2, 0) is 19.3 Å². The molecule has 13 heteroatoms. The molecule has 0 radical (unpaired) electrons. The number of rotatable bonds is 16. The lowest BCUT2D eigenvalue weighted by atomic mass is 10.2. The molecule has 0 aliphatic rings. The van der Waals surface area contributed by atoms with Crippen LogP contribution in [0.5, 0.6) is 0 Å². The first-order valence-electron chi connectivity index (χ1n) is 10.6. The summed E-state index contributed by atoms with van der Waals surface area (Å²) in [6.45, 7) is 9.89. The van der Waals surface area contributed by atoms with Gasteiger partial charge in [-0.1, -0.05) is 29.8 Å². The van der Waals surface area contributed by atoms with Crippen LogP contribution in [0.4, 0.5) is 0 Å². The van der Waals surface area contributed by atoms with Crippen molar-refractivity contribution >= 4 is 101 Å². The first-order chi connectivity index (χ1) is 16.6. The third-order valence-corrected chi connectivity index (χ3v) is 21.5. The number of hydrogen-bond acceptors (Lipinski definition) is 12. The third-order valence-electron chi connectivity index (χ3n) is 4.33. The van der Waals surface area contributed by atoms with Crippen molar-refractivity contribution in [2.75, 3.05) is 19.8 Å². The van der Waals surface area contributed by atoms with Gasteiger partial charge in [0.05, 0.1) is 10.2 Å². The topological polar surface area (TPSA) is 40.6 Å². The molecule has 0 unspecified atom stereocenters. The average Bonchev–Trinajstić information content (AvgIpc) is 3.23. The summed E-state index contributed by atoms with van der Waals surface area (Å²) in [5.41, 5.74) is 3.55. The predicted molar refractivity (Wildman–Crippen MR) is 165 cm³/mol. The van der Waals surface area contributed by atoms with Gasteiger partial charge in [-0.3, -0.25) is 0 Å². The molecule has 2 aromatic carbocycles. The fraction of sp³-hybridized carbons (Fsp3) is 0.381. The molecule has 3 rings (SSSR count). The van der Waals surface area contributed by atoms with Crippen molar-refractivity contribution in [2.24, 2.45) is 0 Å². The van der Waals surface area contributed by atoms with Crippen LogP contribution in [0, 0.1) is 6.92 Å². The number of para-hydroxylation sites is 1. The second-order valence-corrected chi connectivity index (χ2v) is 21.6. The van der Waals surface area contributed by atoms with Crippen LogP contribution in [0.1, 0.15) is 31.9 Å². The zero-order valence-corrected chi connectivity index (χ0v) is 26.8. The molecule has 0 N–H and O–H groups in total. The number of thiazole rings is 1. The van der Waals surface area contributed by atoms with Gasteiger partial charge in [0.25, 0.3) is 0 Å². The Morgan fingerprint density at radius 2 is 1.47 bits per heavy atom. The maximum absolute atomic E-state index is 6.09. The number of aromatic nitrogens is 1. The molecule has 0 aliphatic carbocycles. The van der Waals surface area contributed by atoms with E-state index in [0.29, 0.717) is 25.9 Å². The summed E-state index contributed by atoms with van der Waals surface area (Å²) in [5, 5.41) is 0. The highest BCUT2D eigenvalue weighted by atomic mass is 33.9. The molecule has 0 atom stereocenters. The standard InChI is InChI=1S/C21H27NO3S8Si/c1-5-23-34(24-6-2,25-7-3)15-17-14-16(4)12-13-19(17)27-29-31-33-32-30-28-21-22-18-10-8-9-11-20(18)26-21/h8-14H,5-7,15H2,1-4H3. The molecule has 3 aromatic rings. The summed E-state index contributed by atoms with van der Waals surface area (Å²) in [7, 11) is 9.60. The molecule has 0 saturated carbocycles. The number of benzene rings is 2. The molecule has 0 aliphatic heterocycles. The molecular formula is C21H27NO3S8Si. The molecule has 34 heavy (non-hydrogen) atoms. The van der Waals surface area contributed by atoms with E-state index in [2.05, 4.69) is 48.3 Å². The Hall–Kier alpha value is 0.877. The van der Waals surface area contributed by atoms with Crippen molar-refractivity contribution in [3.05, 3.63) is 53.6 Å². The fourth-order valence-electron chi connectivity index (χ4n) is 3.11. The second-order valence-electron chi connectivity index (χ2n) is 6.72. The summed E-state index contributed by atoms with van der Waals surface area (Å²) >= 11 is 1.75. The van der Waals surface area contributed by atoms with Crippen LogP contribution in [0.3, 0.4) is 0 Å². The second kappa shape index (κ2) is 16.0. The zero-order chi connectivity index (χ0) is 24.2. The Morgan fingerprint density at radius 3 is 2.15 bits per heavy atom. The minimum atomic E-state index is -2.75. The lowest BCUT2D eigenvalue weighted by molar-refractivity contribution is 0.0702. The molecule has 0 fully saturated rings. The minimum Gasteiger partial charge on any atom is -0.374 e. The van der Waals surface area contributed by atoms with E-state index in [1.165, 1.54) is 20.7 Å². The molecule has 1 heterocycles. The van der Waals surface area contributed by atoms with Crippen LogP contribution < -0.4 is 0 Å². The van der Waals surface area contributed by atoms with E-state index in [1.807, 2.05) is 26.8 Å². The molecular weight excluding hydrogens is 599 g/mol. The van der Waals surface area contributed by atoms with Crippen LogP contribution in [0.2, 0.25) is 0 Å². The quantitative estimate of drug-likeness (QED) is 0.0867. The van der Waals surface area contributed by atoms with Gasteiger partial charge in [-0.25, -0.2) is 4.98 Å². The number of fused-ring (bicyclic) bond motifs is 1. The SMILES string of the molecule is CCO[Si](Cc1cc(C)ccc1SSSSSSSc1nc2ccccc2s1)(OCC)OCC. The van der Waals surface area contributed by atoms with Gasteiger partial charge >= 0.3 is 8.80 Å². The van der Waals surface area contributed by atoms with Crippen molar-refractivity contribution in [2.45, 2.75) is 43.0 Å². The van der Waals surface area contributed by atoms with Gasteiger partial charge in [-0.2, -0.15) is 0 Å². The van der Waals surface area contributed by atoms with Gasteiger partial charge in [0.15, 0.2) is 4.34 Å². The maximum atomic E-state index is 6.09. The van der Waals surface area contributed by atoms with Crippen LogP contribution in [0.25, 0.3) is 10.2 Å². The number of hydrogen-bond donors (Lipinski definition) is 0. The van der Waals surface area contributed by atoms with Crippen molar-refractivity contribution in [1.82, 2.24) is 4.98 Å². The van der Waals surface area contributed by atoms with E-state index in [9.17, 15) is 0 Å². The Labute approximate surface area is 233 Å². The molecule has 186 valence electrons. The number of aryl methyl sites for hydroxylation is 1. The summed E-state index contributed by atoms with van der Waals surface area (Å²) in [4.78, 5) is 5.90. The maximum Gasteiger partial charge on any atom is 0.505 e. The molecule has 0 saturated heterocycles. The summed E-state index contributed by atoms with van der Waals surface area (Å²) in [5.74, 6) is 0. The fourth-order valence-corrected chi connectivity index (χ4v) is 21.3. The molecule has 0 spiro atoms. The normalized spacial score (nSPS) is 12.0. The lowest BCUT2D eigenvalue weighted by Crippen LogP contribution is -2.48. The monoisotopic (exact) mass is 625 g/mol. The molecule has 0 amide bonds. The Bertz CT molecular complexity index is 975. The Balaban J connectivity index is 1.47. The number of nitrogens with zero attached hydrogens (tertiary/aromatic N) is 1. The van der Waals surface area contributed by atoms with Gasteiger partial charge in [0.2, 0.25) is 0 Å². The van der Waals surface area contributed by atoms with E-state index in [1.54, 1.807) is 82.1 Å². The van der Waals surface area contributed by atoms with Gasteiger partial charge < -0.3 is 13.3 Å². The molecule has 4 nitrogen and oxygen atoms in total. The van der Waals surface area contributed by atoms with Crippen molar-refractivity contribution in [3.8, 4) is 0 Å². The first kappa shape index (κ1) is 29.4. The summed E-state index contributed by atoms with van der Waals surface area (Å²) < 4.78 is 20.6. The molecule has 0 bridgehead atoms. The van der Waals surface area contributed by atoms with Crippen LogP contribution >= 0.6 is 82.1 Å². The predicted octanol–water partition coefficient (Wildman–Crippen LogP) is 9.78. The zero-order valence-electron chi connectivity index (χ0n) is 19.3. The average molecular weight is 626 g/mol. The highest BCUT2D eigenvalue weighted by Crippen LogP contribution is 2.58. The van der Waals surface area contributed by atoms with Gasteiger partial charge in [0, 0.05) is 30.8 Å². The van der Waals surface area contributed by atoms with Crippen LogP contribution in [-0.4, -0.2) is 33.6 Å². The minimum absolute atomic E-state index is 0.589. The van der Waals surface area contributed by atoms with E-state index < -0.39 is 8.80 Å². The van der Waals surface area contributed by atoms with E-state index in [-0.39, 0.29) is 0 Å². The lowest BCUT2D eigenvalue weighted by Gasteiger charge is -2.29. The van der Waals surface area contributed by atoms with Crippen molar-refractivity contribution in [1.29, 1.82) is 0 Å². The highest BCUT2D eigenvalue weighted by Gasteiger charge is 2.41. The Morgan fingerprint density at radius 1 is 0.824 bits per heavy atom. The van der Waals surface area contributed by atoms with Crippen LogP contribution in [0.15, 0.2) is 51.7 Å². The Kier molecular flexibility index (Phi) is 13.8. The van der Waals surface area contributed by atoms with E-state index >= 15 is 0 Å². The van der Waals surface area contributed by atoms with E-state index in [4.69, 9.17) is 13.3 Å². The third kappa shape index (κ3) is 9.32. The summed E-state index contributed by atoms with van der Waals surface area (Å²) in [6, 6.07) is 15.6. The van der Waals surface area contributed by atoms with Crippen molar-refractivity contribution in [3.63, 3.8) is 0 Å². The largest absolute Gasteiger partial charge is 0.505 e. The van der Waals surface area contributed by atoms with Gasteiger partial charge in [-0.05, 0) is 122 Å². The molecule has 1 aromatic heterocycles. The van der Waals surface area contributed by atoms with E-state index in [0.717, 1.165) is 9.86 Å². The smallest absolute Gasteiger partial charge is 0.374 e. The van der Waals surface area contributed by atoms with Gasteiger partial charge in [0.1, 0.15) is 0 Å². The first-order valence-corrected chi connectivity index (χ1v) is 22.2. The highest BCUT2D eigenvalue weighted by molar-refractivity contribution is 9.46. The van der Waals surface area contributed by atoms with Gasteiger partial charge in [-0.15, -0.1) is 11.3 Å². The van der Waals surface area contributed by atoms with Crippen molar-refractivity contribution < 1.29 is 13.3 Å². The summed E-state index contributed by atoms with van der Waals surface area (Å²) in [6.07, 6.45) is 0.